The minimum atomic E-state index is -0.628. The van der Waals surface area contributed by atoms with Crippen LogP contribution in [0.5, 0.6) is 11.5 Å². The van der Waals surface area contributed by atoms with Crippen molar-refractivity contribution in [1.29, 1.82) is 0 Å². The highest BCUT2D eigenvalue weighted by atomic mass is 79.9. The minimum absolute atomic E-state index is 0.369. The highest BCUT2D eigenvalue weighted by Crippen LogP contribution is 2.38. The Kier molecular flexibility index (Phi) is 5.24. The van der Waals surface area contributed by atoms with Crippen LogP contribution in [0.1, 0.15) is 17.2 Å². The SMILES string of the molecule is COc1cc(Br)c(C(N)c2cccc(Br)c2F)cc1OC. The fourth-order valence-corrected chi connectivity index (χ4v) is 2.99. The summed E-state index contributed by atoms with van der Waals surface area (Å²) >= 11 is 6.61. The van der Waals surface area contributed by atoms with E-state index >= 15 is 0 Å². The average molecular weight is 419 g/mol. The molecule has 0 fully saturated rings. The molecule has 0 spiro atoms. The van der Waals surface area contributed by atoms with Crippen molar-refractivity contribution < 1.29 is 13.9 Å². The summed E-state index contributed by atoms with van der Waals surface area (Å²) in [6, 6.07) is 7.91. The largest absolute Gasteiger partial charge is 0.493 e. The molecule has 6 heteroatoms. The summed E-state index contributed by atoms with van der Waals surface area (Å²) in [7, 11) is 3.10. The lowest BCUT2D eigenvalue weighted by Gasteiger charge is -2.18. The number of ether oxygens (including phenoxy) is 2. The lowest BCUT2D eigenvalue weighted by Crippen LogP contribution is -2.15. The monoisotopic (exact) mass is 417 g/mol. The van der Waals surface area contributed by atoms with Crippen molar-refractivity contribution in [3.8, 4) is 11.5 Å². The molecule has 0 aliphatic rings. The molecule has 0 aromatic heterocycles. The predicted molar refractivity (Wildman–Crippen MR) is 87.4 cm³/mol. The van der Waals surface area contributed by atoms with E-state index in [-0.39, 0.29) is 5.82 Å². The Morgan fingerprint density at radius 2 is 1.62 bits per heavy atom. The second-order valence-corrected chi connectivity index (χ2v) is 6.06. The number of hydrogen-bond acceptors (Lipinski definition) is 3. The zero-order valence-corrected chi connectivity index (χ0v) is 14.7. The van der Waals surface area contributed by atoms with Gasteiger partial charge in [-0.15, -0.1) is 0 Å². The van der Waals surface area contributed by atoms with Crippen LogP contribution in [0.25, 0.3) is 0 Å². The van der Waals surface area contributed by atoms with E-state index in [1.54, 1.807) is 44.6 Å². The molecule has 1 unspecified atom stereocenters. The van der Waals surface area contributed by atoms with Crippen LogP contribution in [-0.4, -0.2) is 14.2 Å². The summed E-state index contributed by atoms with van der Waals surface area (Å²) in [5, 5.41) is 0. The average Bonchev–Trinajstić information content (AvgIpc) is 2.49. The molecule has 21 heavy (non-hydrogen) atoms. The second kappa shape index (κ2) is 6.77. The minimum Gasteiger partial charge on any atom is -0.493 e. The summed E-state index contributed by atoms with van der Waals surface area (Å²) in [6.07, 6.45) is 0. The van der Waals surface area contributed by atoms with Crippen molar-refractivity contribution in [1.82, 2.24) is 0 Å². The molecule has 0 radical (unpaired) electrons. The van der Waals surface area contributed by atoms with E-state index in [9.17, 15) is 4.39 Å². The smallest absolute Gasteiger partial charge is 0.161 e. The molecular weight excluding hydrogens is 405 g/mol. The fourth-order valence-electron chi connectivity index (χ4n) is 2.04. The maximum atomic E-state index is 14.2. The van der Waals surface area contributed by atoms with Gasteiger partial charge >= 0.3 is 0 Å². The fraction of sp³-hybridized carbons (Fsp3) is 0.200. The molecule has 0 saturated heterocycles. The number of rotatable bonds is 4. The summed E-state index contributed by atoms with van der Waals surface area (Å²) < 4.78 is 25.8. The molecule has 112 valence electrons. The van der Waals surface area contributed by atoms with Gasteiger partial charge in [-0.25, -0.2) is 4.39 Å². The number of methoxy groups -OCH3 is 2. The molecular formula is C15H14Br2FNO2. The molecule has 0 aliphatic heterocycles. The van der Waals surface area contributed by atoms with Gasteiger partial charge in [0, 0.05) is 10.0 Å². The van der Waals surface area contributed by atoms with Crippen LogP contribution in [0, 0.1) is 5.82 Å². The zero-order chi connectivity index (χ0) is 15.6. The topological polar surface area (TPSA) is 44.5 Å². The van der Waals surface area contributed by atoms with Crippen LogP contribution < -0.4 is 15.2 Å². The van der Waals surface area contributed by atoms with Crippen LogP contribution in [-0.2, 0) is 0 Å². The lowest BCUT2D eigenvalue weighted by atomic mass is 9.98. The predicted octanol–water partition coefficient (Wildman–Crippen LogP) is 4.42. The van der Waals surface area contributed by atoms with Gasteiger partial charge in [-0.3, -0.25) is 0 Å². The molecule has 3 nitrogen and oxygen atoms in total. The molecule has 0 aliphatic carbocycles. The molecule has 1 atom stereocenters. The maximum absolute atomic E-state index is 14.2. The van der Waals surface area contributed by atoms with Gasteiger partial charge in [-0.2, -0.15) is 0 Å². The van der Waals surface area contributed by atoms with E-state index in [1.807, 2.05) is 0 Å². The second-order valence-electron chi connectivity index (χ2n) is 4.35. The Labute approximate surface area is 139 Å². The number of hydrogen-bond donors (Lipinski definition) is 1. The first-order valence-corrected chi connectivity index (χ1v) is 7.69. The first kappa shape index (κ1) is 16.3. The van der Waals surface area contributed by atoms with Crippen LogP contribution in [0.4, 0.5) is 4.39 Å². The van der Waals surface area contributed by atoms with Gasteiger partial charge in [0.05, 0.1) is 24.7 Å². The van der Waals surface area contributed by atoms with Gasteiger partial charge in [-0.1, -0.05) is 28.1 Å². The number of nitrogens with two attached hydrogens (primary N) is 1. The van der Waals surface area contributed by atoms with E-state index in [4.69, 9.17) is 15.2 Å². The van der Waals surface area contributed by atoms with Gasteiger partial charge in [0.1, 0.15) is 5.82 Å². The lowest BCUT2D eigenvalue weighted by molar-refractivity contribution is 0.354. The number of halogens is 3. The molecule has 0 bridgehead atoms. The van der Waals surface area contributed by atoms with Crippen molar-refractivity contribution in [2.75, 3.05) is 14.2 Å². The van der Waals surface area contributed by atoms with Crippen molar-refractivity contribution in [2.45, 2.75) is 6.04 Å². The van der Waals surface area contributed by atoms with E-state index in [0.717, 1.165) is 4.47 Å². The van der Waals surface area contributed by atoms with Crippen molar-refractivity contribution in [2.24, 2.45) is 5.73 Å². The summed E-state index contributed by atoms with van der Waals surface area (Å²) in [5.74, 6) is 0.753. The highest BCUT2D eigenvalue weighted by molar-refractivity contribution is 9.10. The Bertz CT molecular complexity index is 664. The molecule has 2 aromatic carbocycles. The normalized spacial score (nSPS) is 12.1. The first-order valence-electron chi connectivity index (χ1n) is 6.10. The molecule has 2 aromatic rings. The summed E-state index contributed by atoms with van der Waals surface area (Å²) in [6.45, 7) is 0. The molecule has 0 heterocycles. The summed E-state index contributed by atoms with van der Waals surface area (Å²) in [4.78, 5) is 0. The standard InChI is InChI=1S/C15H14Br2FNO2/c1-20-12-6-9(11(17)7-13(12)21-2)15(19)8-4-3-5-10(16)14(8)18/h3-7,15H,19H2,1-2H3. The van der Waals surface area contributed by atoms with E-state index < -0.39 is 6.04 Å². The van der Waals surface area contributed by atoms with Crippen LogP contribution in [0.3, 0.4) is 0 Å². The Morgan fingerprint density at radius 3 is 2.24 bits per heavy atom. The van der Waals surface area contributed by atoms with Crippen LogP contribution in [0.15, 0.2) is 39.3 Å². The Hall–Kier alpha value is -1.11. The van der Waals surface area contributed by atoms with Crippen LogP contribution >= 0.6 is 31.9 Å². The third-order valence-corrected chi connectivity index (χ3v) is 4.45. The zero-order valence-electron chi connectivity index (χ0n) is 11.5. The van der Waals surface area contributed by atoms with Gasteiger partial charge in [-0.05, 0) is 39.7 Å². The molecule has 2 N–H and O–H groups in total. The third kappa shape index (κ3) is 3.22. The van der Waals surface area contributed by atoms with Crippen molar-refractivity contribution in [3.63, 3.8) is 0 Å². The first-order chi connectivity index (χ1) is 9.99. The van der Waals surface area contributed by atoms with E-state index in [0.29, 0.717) is 27.1 Å². The Morgan fingerprint density at radius 1 is 1.00 bits per heavy atom. The molecule has 0 saturated carbocycles. The quantitative estimate of drug-likeness (QED) is 0.799. The van der Waals surface area contributed by atoms with Gasteiger partial charge in [0.25, 0.3) is 0 Å². The van der Waals surface area contributed by atoms with Crippen LogP contribution in [0.2, 0.25) is 0 Å². The third-order valence-electron chi connectivity index (χ3n) is 3.15. The van der Waals surface area contributed by atoms with E-state index in [2.05, 4.69) is 31.9 Å². The van der Waals surface area contributed by atoms with Gasteiger partial charge in [0.15, 0.2) is 11.5 Å². The highest BCUT2D eigenvalue weighted by Gasteiger charge is 2.20. The maximum Gasteiger partial charge on any atom is 0.161 e. The molecule has 2 rings (SSSR count). The Balaban J connectivity index is 2.53. The van der Waals surface area contributed by atoms with Crippen molar-refractivity contribution >= 4 is 31.9 Å². The molecule has 0 amide bonds. The van der Waals surface area contributed by atoms with E-state index in [1.165, 1.54) is 0 Å². The van der Waals surface area contributed by atoms with Gasteiger partial charge in [0.2, 0.25) is 0 Å². The number of benzene rings is 2. The summed E-state index contributed by atoms with van der Waals surface area (Å²) in [5.41, 5.74) is 7.33. The van der Waals surface area contributed by atoms with Crippen molar-refractivity contribution in [3.05, 3.63) is 56.2 Å². The van der Waals surface area contributed by atoms with Gasteiger partial charge < -0.3 is 15.2 Å².